The Balaban J connectivity index is 3.11. The molecule has 0 saturated carbocycles. The van der Waals surface area contributed by atoms with Gasteiger partial charge in [0.15, 0.2) is 0 Å². The van der Waals surface area contributed by atoms with Crippen LogP contribution in [0, 0.1) is 5.92 Å². The average Bonchev–Trinajstić information content (AvgIpc) is 2.47. The molecule has 0 fully saturated rings. The van der Waals surface area contributed by atoms with Crippen molar-refractivity contribution in [2.45, 2.75) is 97.3 Å². The van der Waals surface area contributed by atoms with Gasteiger partial charge in [-0.05, 0) is 6.42 Å². The van der Waals surface area contributed by atoms with Crippen LogP contribution in [0.15, 0.2) is 0 Å². The number of methoxy groups -OCH3 is 1. The lowest BCUT2D eigenvalue weighted by atomic mass is 10.0. The molecule has 0 heterocycles. The molecule has 0 radical (unpaired) electrons. The topological polar surface area (TPSA) is 26.3 Å². The highest BCUT2D eigenvalue weighted by atomic mass is 16.5. The van der Waals surface area contributed by atoms with Crippen molar-refractivity contribution < 1.29 is 9.53 Å². The van der Waals surface area contributed by atoms with Gasteiger partial charge in [-0.1, -0.05) is 90.9 Å². The molecule has 120 valence electrons. The molecule has 0 aromatic carbocycles. The summed E-state index contributed by atoms with van der Waals surface area (Å²) in [6, 6.07) is 0. The summed E-state index contributed by atoms with van der Waals surface area (Å²) < 4.78 is 4.73. The van der Waals surface area contributed by atoms with Crippen LogP contribution in [-0.2, 0) is 9.53 Å². The minimum Gasteiger partial charge on any atom is -0.469 e. The molecule has 0 aliphatic heterocycles. The minimum atomic E-state index is -0.0620. The molecule has 2 nitrogen and oxygen atoms in total. The van der Waals surface area contributed by atoms with Gasteiger partial charge in [0.25, 0.3) is 0 Å². The fourth-order valence-electron chi connectivity index (χ4n) is 2.61. The second-order valence-electron chi connectivity index (χ2n) is 6.10. The van der Waals surface area contributed by atoms with E-state index in [1.54, 1.807) is 0 Å². The Hall–Kier alpha value is -0.530. The first-order chi connectivity index (χ1) is 9.72. The summed E-state index contributed by atoms with van der Waals surface area (Å²) in [4.78, 5) is 11.2. The molecular weight excluding hydrogens is 248 g/mol. The molecule has 20 heavy (non-hydrogen) atoms. The molecule has 0 rings (SSSR count). The summed E-state index contributed by atoms with van der Waals surface area (Å²) in [7, 11) is 1.47. The standard InChI is InChI=1S/C18H36O2/c1-4-5-6-7-8-9-10-11-12-13-14-15-16-17(2)18(19)20-3/h17H,4-16H2,1-3H3. The zero-order chi connectivity index (χ0) is 15.1. The molecule has 0 aliphatic rings. The maximum Gasteiger partial charge on any atom is 0.308 e. The first kappa shape index (κ1) is 19.5. The maximum atomic E-state index is 11.2. The number of carbonyl (C=O) groups excluding carboxylic acids is 1. The summed E-state index contributed by atoms with van der Waals surface area (Å²) in [5, 5.41) is 0. The van der Waals surface area contributed by atoms with Crippen molar-refractivity contribution in [1.29, 1.82) is 0 Å². The Morgan fingerprint density at radius 2 is 1.20 bits per heavy atom. The zero-order valence-electron chi connectivity index (χ0n) is 14.1. The van der Waals surface area contributed by atoms with Gasteiger partial charge < -0.3 is 4.74 Å². The molecule has 0 aliphatic carbocycles. The van der Waals surface area contributed by atoms with Gasteiger partial charge >= 0.3 is 5.97 Å². The van der Waals surface area contributed by atoms with E-state index in [1.165, 1.54) is 77.7 Å². The number of hydrogen-bond acceptors (Lipinski definition) is 2. The average molecular weight is 284 g/mol. The van der Waals surface area contributed by atoms with Crippen LogP contribution in [0.5, 0.6) is 0 Å². The summed E-state index contributed by atoms with van der Waals surface area (Å²) in [6.45, 7) is 4.23. The van der Waals surface area contributed by atoms with E-state index >= 15 is 0 Å². The highest BCUT2D eigenvalue weighted by molar-refractivity contribution is 5.71. The third-order valence-corrected chi connectivity index (χ3v) is 4.09. The number of esters is 1. The van der Waals surface area contributed by atoms with Crippen LogP contribution >= 0.6 is 0 Å². The highest BCUT2D eigenvalue weighted by Crippen LogP contribution is 2.14. The van der Waals surface area contributed by atoms with Gasteiger partial charge in [0, 0.05) is 0 Å². The van der Waals surface area contributed by atoms with Gasteiger partial charge in [-0.2, -0.15) is 0 Å². The molecule has 0 aromatic rings. The van der Waals surface area contributed by atoms with E-state index in [0.717, 1.165) is 12.8 Å². The smallest absolute Gasteiger partial charge is 0.308 e. The minimum absolute atomic E-state index is 0.0620. The van der Waals surface area contributed by atoms with Gasteiger partial charge in [0.2, 0.25) is 0 Å². The highest BCUT2D eigenvalue weighted by Gasteiger charge is 2.11. The fourth-order valence-corrected chi connectivity index (χ4v) is 2.61. The van der Waals surface area contributed by atoms with Crippen LogP contribution in [0.3, 0.4) is 0 Å². The van der Waals surface area contributed by atoms with Crippen LogP contribution < -0.4 is 0 Å². The monoisotopic (exact) mass is 284 g/mol. The van der Waals surface area contributed by atoms with Crippen LogP contribution in [0.4, 0.5) is 0 Å². The summed E-state index contributed by atoms with van der Waals surface area (Å²) in [6.07, 6.45) is 17.3. The quantitative estimate of drug-likeness (QED) is 0.294. The third-order valence-electron chi connectivity index (χ3n) is 4.09. The lowest BCUT2D eigenvalue weighted by Crippen LogP contribution is -2.12. The number of rotatable bonds is 14. The van der Waals surface area contributed by atoms with Crippen molar-refractivity contribution in [1.82, 2.24) is 0 Å². The number of carbonyl (C=O) groups is 1. The third kappa shape index (κ3) is 12.5. The van der Waals surface area contributed by atoms with Crippen molar-refractivity contribution in [2.75, 3.05) is 7.11 Å². The first-order valence-corrected chi connectivity index (χ1v) is 8.80. The van der Waals surface area contributed by atoms with Crippen LogP contribution in [0.25, 0.3) is 0 Å². The van der Waals surface area contributed by atoms with E-state index in [-0.39, 0.29) is 11.9 Å². The maximum absolute atomic E-state index is 11.2. The van der Waals surface area contributed by atoms with Crippen molar-refractivity contribution >= 4 is 5.97 Å². The Morgan fingerprint density at radius 3 is 1.60 bits per heavy atom. The van der Waals surface area contributed by atoms with Crippen molar-refractivity contribution in [3.63, 3.8) is 0 Å². The zero-order valence-corrected chi connectivity index (χ0v) is 14.1. The largest absolute Gasteiger partial charge is 0.469 e. The first-order valence-electron chi connectivity index (χ1n) is 8.80. The predicted octanol–water partition coefficient (Wildman–Crippen LogP) is 5.89. The Morgan fingerprint density at radius 1 is 0.800 bits per heavy atom. The number of ether oxygens (including phenoxy) is 1. The molecule has 0 amide bonds. The second-order valence-corrected chi connectivity index (χ2v) is 6.10. The van der Waals surface area contributed by atoms with E-state index in [1.807, 2.05) is 6.92 Å². The SMILES string of the molecule is CCCCCCCCCCCCCCC(C)C(=O)OC. The second kappa shape index (κ2) is 14.9. The molecule has 1 unspecified atom stereocenters. The fraction of sp³-hybridized carbons (Fsp3) is 0.944. The van der Waals surface area contributed by atoms with E-state index in [2.05, 4.69) is 6.92 Å². The van der Waals surface area contributed by atoms with Gasteiger partial charge in [0.1, 0.15) is 0 Å². The van der Waals surface area contributed by atoms with Gasteiger partial charge in [0.05, 0.1) is 13.0 Å². The Labute approximate surface area is 126 Å². The van der Waals surface area contributed by atoms with E-state index in [4.69, 9.17) is 4.74 Å². The van der Waals surface area contributed by atoms with E-state index < -0.39 is 0 Å². The normalized spacial score (nSPS) is 12.3. The van der Waals surface area contributed by atoms with Crippen molar-refractivity contribution in [3.8, 4) is 0 Å². The van der Waals surface area contributed by atoms with E-state index in [0.29, 0.717) is 0 Å². The summed E-state index contributed by atoms with van der Waals surface area (Å²) in [5.74, 6) is 0.0104. The van der Waals surface area contributed by atoms with Gasteiger partial charge in [-0.3, -0.25) is 4.79 Å². The Bertz CT molecular complexity index is 213. The molecule has 0 spiro atoms. The summed E-state index contributed by atoms with van der Waals surface area (Å²) >= 11 is 0. The van der Waals surface area contributed by atoms with Gasteiger partial charge in [-0.15, -0.1) is 0 Å². The van der Waals surface area contributed by atoms with Crippen LogP contribution in [0.2, 0.25) is 0 Å². The molecule has 2 heteroatoms. The lowest BCUT2D eigenvalue weighted by Gasteiger charge is -2.08. The van der Waals surface area contributed by atoms with Gasteiger partial charge in [-0.25, -0.2) is 0 Å². The molecule has 0 saturated heterocycles. The molecule has 0 bridgehead atoms. The van der Waals surface area contributed by atoms with Crippen LogP contribution in [0.1, 0.15) is 97.3 Å². The van der Waals surface area contributed by atoms with Crippen molar-refractivity contribution in [2.24, 2.45) is 5.92 Å². The van der Waals surface area contributed by atoms with Crippen molar-refractivity contribution in [3.05, 3.63) is 0 Å². The summed E-state index contributed by atoms with van der Waals surface area (Å²) in [5.41, 5.74) is 0. The molecule has 1 atom stereocenters. The molecule has 0 aromatic heterocycles. The number of hydrogen-bond donors (Lipinski definition) is 0. The van der Waals surface area contributed by atoms with E-state index in [9.17, 15) is 4.79 Å². The molecular formula is C18H36O2. The number of unbranched alkanes of at least 4 members (excludes halogenated alkanes) is 11. The lowest BCUT2D eigenvalue weighted by molar-refractivity contribution is -0.145. The Kier molecular flexibility index (Phi) is 14.5. The molecule has 0 N–H and O–H groups in total. The van der Waals surface area contributed by atoms with Crippen LogP contribution in [-0.4, -0.2) is 13.1 Å². The predicted molar refractivity (Wildman–Crippen MR) is 86.9 cm³/mol.